The van der Waals surface area contributed by atoms with Gasteiger partial charge < -0.3 is 5.32 Å². The Morgan fingerprint density at radius 2 is 2.05 bits per heavy atom. The lowest BCUT2D eigenvalue weighted by molar-refractivity contribution is 0.106. The minimum atomic E-state index is 0.689. The molecule has 1 aromatic rings. The van der Waals surface area contributed by atoms with Gasteiger partial charge in [0.15, 0.2) is 0 Å². The lowest BCUT2D eigenvalue weighted by Gasteiger charge is -2.40. The highest BCUT2D eigenvalue weighted by Gasteiger charge is 2.38. The SMILES string of the molecule is CCC1CN(Cc2ccc3c(c2)CCC3)C(C2CC2)CN1. The lowest BCUT2D eigenvalue weighted by atomic mass is 10.0. The molecule has 1 aliphatic heterocycles. The fraction of sp³-hybridized carbons (Fsp3) is 0.684. The zero-order valence-corrected chi connectivity index (χ0v) is 13.3. The van der Waals surface area contributed by atoms with Gasteiger partial charge in [0.25, 0.3) is 0 Å². The van der Waals surface area contributed by atoms with E-state index in [4.69, 9.17) is 0 Å². The average Bonchev–Trinajstić information content (AvgIpc) is 3.25. The van der Waals surface area contributed by atoms with Gasteiger partial charge in [0.1, 0.15) is 0 Å². The summed E-state index contributed by atoms with van der Waals surface area (Å²) in [6.07, 6.45) is 8.10. The summed E-state index contributed by atoms with van der Waals surface area (Å²) in [4.78, 5) is 2.78. The molecule has 3 aliphatic rings. The van der Waals surface area contributed by atoms with Crippen LogP contribution in [-0.4, -0.2) is 30.1 Å². The molecule has 1 saturated carbocycles. The number of rotatable bonds is 4. The van der Waals surface area contributed by atoms with E-state index in [0.29, 0.717) is 6.04 Å². The first-order chi connectivity index (χ1) is 10.3. The summed E-state index contributed by atoms with van der Waals surface area (Å²) in [5.41, 5.74) is 4.76. The Morgan fingerprint density at radius 1 is 1.19 bits per heavy atom. The maximum atomic E-state index is 3.76. The molecule has 0 radical (unpaired) electrons. The normalized spacial score (nSPS) is 29.6. The Labute approximate surface area is 128 Å². The molecular weight excluding hydrogens is 256 g/mol. The maximum absolute atomic E-state index is 3.76. The summed E-state index contributed by atoms with van der Waals surface area (Å²) >= 11 is 0. The Balaban J connectivity index is 1.50. The van der Waals surface area contributed by atoms with Gasteiger partial charge in [-0.1, -0.05) is 25.1 Å². The summed E-state index contributed by atoms with van der Waals surface area (Å²) in [5.74, 6) is 0.963. The van der Waals surface area contributed by atoms with Crippen LogP contribution in [0.2, 0.25) is 0 Å². The average molecular weight is 284 g/mol. The third-order valence-corrected chi connectivity index (χ3v) is 5.75. The molecule has 21 heavy (non-hydrogen) atoms. The van der Waals surface area contributed by atoms with Gasteiger partial charge in [-0.15, -0.1) is 0 Å². The molecule has 2 unspecified atom stereocenters. The summed E-state index contributed by atoms with van der Waals surface area (Å²) in [5, 5.41) is 3.76. The number of nitrogens with one attached hydrogen (secondary N) is 1. The number of aryl methyl sites for hydroxylation is 2. The van der Waals surface area contributed by atoms with Crippen LogP contribution < -0.4 is 5.32 Å². The van der Waals surface area contributed by atoms with Gasteiger partial charge in [0, 0.05) is 31.7 Å². The standard InChI is InChI=1S/C19H28N2/c1-2-18-13-21(19(11-20-18)16-8-9-16)12-14-6-7-15-4-3-5-17(15)10-14/h6-7,10,16,18-20H,2-5,8-9,11-13H2,1H3. The molecule has 2 fully saturated rings. The number of fused-ring (bicyclic) bond motifs is 1. The number of hydrogen-bond acceptors (Lipinski definition) is 2. The van der Waals surface area contributed by atoms with Crippen LogP contribution in [0.4, 0.5) is 0 Å². The van der Waals surface area contributed by atoms with Crippen LogP contribution in [0.15, 0.2) is 18.2 Å². The minimum Gasteiger partial charge on any atom is -0.311 e. The second-order valence-electron chi connectivity index (χ2n) is 7.30. The van der Waals surface area contributed by atoms with E-state index in [-0.39, 0.29) is 0 Å². The highest BCUT2D eigenvalue weighted by molar-refractivity contribution is 5.35. The summed E-state index contributed by atoms with van der Waals surface area (Å²) in [6, 6.07) is 8.74. The van der Waals surface area contributed by atoms with Crippen LogP contribution in [-0.2, 0) is 19.4 Å². The van der Waals surface area contributed by atoms with Crippen LogP contribution in [0.5, 0.6) is 0 Å². The molecule has 0 amide bonds. The number of nitrogens with zero attached hydrogens (tertiary/aromatic N) is 1. The molecule has 1 aromatic carbocycles. The van der Waals surface area contributed by atoms with Crippen molar-refractivity contribution < 1.29 is 0 Å². The first kappa shape index (κ1) is 13.8. The molecule has 0 bridgehead atoms. The molecule has 2 atom stereocenters. The van der Waals surface area contributed by atoms with Gasteiger partial charge >= 0.3 is 0 Å². The Morgan fingerprint density at radius 3 is 2.86 bits per heavy atom. The summed E-state index contributed by atoms with van der Waals surface area (Å²) in [7, 11) is 0. The fourth-order valence-electron chi connectivity index (χ4n) is 4.26. The van der Waals surface area contributed by atoms with Crippen LogP contribution in [0, 0.1) is 5.92 Å². The lowest BCUT2D eigenvalue weighted by Crippen LogP contribution is -2.56. The minimum absolute atomic E-state index is 0.689. The second-order valence-corrected chi connectivity index (χ2v) is 7.30. The van der Waals surface area contributed by atoms with Gasteiger partial charge in [-0.25, -0.2) is 0 Å². The molecule has 114 valence electrons. The van der Waals surface area contributed by atoms with Gasteiger partial charge in [0.05, 0.1) is 0 Å². The van der Waals surface area contributed by atoms with E-state index >= 15 is 0 Å². The number of hydrogen-bond donors (Lipinski definition) is 1. The van der Waals surface area contributed by atoms with Crippen LogP contribution in [0.3, 0.4) is 0 Å². The van der Waals surface area contributed by atoms with Gasteiger partial charge in [-0.3, -0.25) is 4.90 Å². The topological polar surface area (TPSA) is 15.3 Å². The quantitative estimate of drug-likeness (QED) is 0.914. The molecule has 1 saturated heterocycles. The molecular formula is C19H28N2. The molecule has 1 N–H and O–H groups in total. The third kappa shape index (κ3) is 2.89. The van der Waals surface area contributed by atoms with Gasteiger partial charge in [-0.05, 0) is 61.1 Å². The number of piperazine rings is 1. The first-order valence-electron chi connectivity index (χ1n) is 8.91. The van der Waals surface area contributed by atoms with Crippen molar-refractivity contribution in [3.05, 3.63) is 34.9 Å². The largest absolute Gasteiger partial charge is 0.311 e. The van der Waals surface area contributed by atoms with E-state index in [1.807, 2.05) is 0 Å². The predicted molar refractivity (Wildman–Crippen MR) is 87.5 cm³/mol. The highest BCUT2D eigenvalue weighted by atomic mass is 15.2. The van der Waals surface area contributed by atoms with Crippen LogP contribution >= 0.6 is 0 Å². The second kappa shape index (κ2) is 5.73. The Bertz CT molecular complexity index is 506. The van der Waals surface area contributed by atoms with Crippen molar-refractivity contribution in [1.29, 1.82) is 0 Å². The van der Waals surface area contributed by atoms with Crippen molar-refractivity contribution in [2.75, 3.05) is 13.1 Å². The van der Waals surface area contributed by atoms with E-state index < -0.39 is 0 Å². The molecule has 2 aliphatic carbocycles. The van der Waals surface area contributed by atoms with E-state index in [2.05, 4.69) is 35.3 Å². The number of benzene rings is 1. The van der Waals surface area contributed by atoms with Crippen molar-refractivity contribution in [2.45, 2.75) is 64.1 Å². The van der Waals surface area contributed by atoms with E-state index in [1.165, 1.54) is 57.2 Å². The fourth-order valence-corrected chi connectivity index (χ4v) is 4.26. The molecule has 1 heterocycles. The third-order valence-electron chi connectivity index (χ3n) is 5.75. The zero-order valence-electron chi connectivity index (χ0n) is 13.3. The van der Waals surface area contributed by atoms with Crippen LogP contribution in [0.1, 0.15) is 49.3 Å². The van der Waals surface area contributed by atoms with Crippen LogP contribution in [0.25, 0.3) is 0 Å². The van der Waals surface area contributed by atoms with Crippen molar-refractivity contribution in [3.63, 3.8) is 0 Å². The monoisotopic (exact) mass is 284 g/mol. The molecule has 0 aromatic heterocycles. The van der Waals surface area contributed by atoms with Crippen molar-refractivity contribution in [1.82, 2.24) is 10.2 Å². The van der Waals surface area contributed by atoms with Gasteiger partial charge in [0.2, 0.25) is 0 Å². The van der Waals surface area contributed by atoms with E-state index in [1.54, 1.807) is 11.1 Å². The van der Waals surface area contributed by atoms with Crippen molar-refractivity contribution in [2.24, 2.45) is 5.92 Å². The zero-order chi connectivity index (χ0) is 14.2. The highest BCUT2D eigenvalue weighted by Crippen LogP contribution is 2.37. The smallest absolute Gasteiger partial charge is 0.0253 e. The van der Waals surface area contributed by atoms with Gasteiger partial charge in [-0.2, -0.15) is 0 Å². The molecule has 4 rings (SSSR count). The summed E-state index contributed by atoms with van der Waals surface area (Å²) in [6.45, 7) is 5.90. The maximum Gasteiger partial charge on any atom is 0.0253 e. The van der Waals surface area contributed by atoms with E-state index in [0.717, 1.165) is 18.5 Å². The summed E-state index contributed by atoms with van der Waals surface area (Å²) < 4.78 is 0. The Kier molecular flexibility index (Phi) is 3.76. The van der Waals surface area contributed by atoms with E-state index in [9.17, 15) is 0 Å². The van der Waals surface area contributed by atoms with Crippen molar-refractivity contribution in [3.8, 4) is 0 Å². The molecule has 2 heteroatoms. The Hall–Kier alpha value is -0.860. The van der Waals surface area contributed by atoms with Crippen molar-refractivity contribution >= 4 is 0 Å². The molecule has 2 nitrogen and oxygen atoms in total. The first-order valence-corrected chi connectivity index (χ1v) is 8.91. The predicted octanol–water partition coefficient (Wildman–Crippen LogP) is 3.14. The molecule has 0 spiro atoms.